The van der Waals surface area contributed by atoms with Crippen LogP contribution < -0.4 is 5.43 Å². The van der Waals surface area contributed by atoms with Crippen molar-refractivity contribution < 1.29 is 18.1 Å². The van der Waals surface area contributed by atoms with Gasteiger partial charge in [-0.25, -0.2) is 8.42 Å². The van der Waals surface area contributed by atoms with Crippen LogP contribution >= 0.6 is 0 Å². The van der Waals surface area contributed by atoms with Gasteiger partial charge in [-0.15, -0.1) is 0 Å². The number of nitrogens with one attached hydrogen (secondary N) is 1. The van der Waals surface area contributed by atoms with Crippen LogP contribution in [0.4, 0.5) is 11.4 Å². The van der Waals surface area contributed by atoms with Crippen LogP contribution in [0, 0.1) is 17.0 Å². The molecule has 0 radical (unpaired) electrons. The molecule has 1 saturated heterocycles. The van der Waals surface area contributed by atoms with Gasteiger partial charge in [-0.05, 0) is 31.5 Å². The van der Waals surface area contributed by atoms with Gasteiger partial charge in [0, 0.05) is 19.2 Å². The Hall–Kier alpha value is -2.82. The molecule has 1 aliphatic heterocycles. The molecule has 2 aromatic rings. The van der Waals surface area contributed by atoms with Crippen molar-refractivity contribution in [2.45, 2.75) is 18.7 Å². The van der Waals surface area contributed by atoms with E-state index in [-0.39, 0.29) is 29.4 Å². The molecule has 1 heterocycles. The van der Waals surface area contributed by atoms with E-state index < -0.39 is 14.9 Å². The molecule has 0 unspecified atom stereocenters. The second kappa shape index (κ2) is 8.68. The van der Waals surface area contributed by atoms with Crippen LogP contribution in [0.15, 0.2) is 52.5 Å². The zero-order valence-corrected chi connectivity index (χ0v) is 17.0. The van der Waals surface area contributed by atoms with E-state index in [9.17, 15) is 18.5 Å². The predicted octanol–water partition coefficient (Wildman–Crippen LogP) is 2.76. The minimum atomic E-state index is -3.83. The number of ether oxygens (including phenoxy) is 1. The van der Waals surface area contributed by atoms with Crippen LogP contribution in [0.5, 0.6) is 0 Å². The highest BCUT2D eigenvalue weighted by Gasteiger charge is 2.28. The lowest BCUT2D eigenvalue weighted by Crippen LogP contribution is -2.40. The van der Waals surface area contributed by atoms with Crippen molar-refractivity contribution in [2.75, 3.05) is 31.7 Å². The number of benzene rings is 2. The molecule has 2 aromatic carbocycles. The molecule has 3 rings (SSSR count). The molecule has 0 saturated carbocycles. The van der Waals surface area contributed by atoms with E-state index in [1.807, 2.05) is 31.2 Å². The number of rotatable bonds is 6. The third kappa shape index (κ3) is 4.78. The van der Waals surface area contributed by atoms with Crippen molar-refractivity contribution >= 4 is 27.1 Å². The first-order valence-electron chi connectivity index (χ1n) is 9.03. The van der Waals surface area contributed by atoms with Gasteiger partial charge >= 0.3 is 0 Å². The van der Waals surface area contributed by atoms with E-state index in [1.54, 1.807) is 6.92 Å². The standard InChI is InChI=1S/C19H22N4O5S/c1-14-3-5-16(6-4-14)15(2)20-21-18-8-7-17(13-19(18)23(24)25)29(26,27)22-9-11-28-12-10-22/h3-8,13,21H,9-12H2,1-2H3. The summed E-state index contributed by atoms with van der Waals surface area (Å²) in [4.78, 5) is 10.8. The molecule has 1 fully saturated rings. The molecule has 1 aliphatic rings. The maximum Gasteiger partial charge on any atom is 0.295 e. The van der Waals surface area contributed by atoms with Crippen LogP contribution in [0.3, 0.4) is 0 Å². The largest absolute Gasteiger partial charge is 0.379 e. The van der Waals surface area contributed by atoms with Crippen LogP contribution in [0.1, 0.15) is 18.1 Å². The summed E-state index contributed by atoms with van der Waals surface area (Å²) in [5.41, 5.74) is 5.06. The number of sulfonamides is 1. The molecular weight excluding hydrogens is 396 g/mol. The zero-order valence-electron chi connectivity index (χ0n) is 16.2. The maximum absolute atomic E-state index is 12.8. The Labute approximate surface area is 169 Å². The fourth-order valence-corrected chi connectivity index (χ4v) is 4.29. The van der Waals surface area contributed by atoms with E-state index in [2.05, 4.69) is 10.5 Å². The summed E-state index contributed by atoms with van der Waals surface area (Å²) >= 11 is 0. The molecule has 0 bridgehead atoms. The fourth-order valence-electron chi connectivity index (χ4n) is 2.86. The number of nitro benzene ring substituents is 1. The first-order valence-corrected chi connectivity index (χ1v) is 10.5. The number of morpholine rings is 1. The van der Waals surface area contributed by atoms with Gasteiger partial charge in [0.05, 0.1) is 28.7 Å². The van der Waals surface area contributed by atoms with Gasteiger partial charge in [0.15, 0.2) is 0 Å². The van der Waals surface area contributed by atoms with E-state index in [4.69, 9.17) is 4.74 Å². The highest BCUT2D eigenvalue weighted by atomic mass is 32.2. The quantitative estimate of drug-likeness (QED) is 0.438. The number of hydrogen-bond donors (Lipinski definition) is 1. The molecule has 10 heteroatoms. The number of anilines is 1. The van der Waals surface area contributed by atoms with Crippen molar-refractivity contribution in [3.05, 3.63) is 63.7 Å². The Morgan fingerprint density at radius 2 is 1.83 bits per heavy atom. The minimum Gasteiger partial charge on any atom is -0.379 e. The lowest BCUT2D eigenvalue weighted by Gasteiger charge is -2.26. The SMILES string of the molecule is CC(=NNc1ccc(S(=O)(=O)N2CCOCC2)cc1[N+](=O)[O-])c1ccc(C)cc1. The third-order valence-electron chi connectivity index (χ3n) is 4.59. The summed E-state index contributed by atoms with van der Waals surface area (Å²) in [5, 5.41) is 15.7. The van der Waals surface area contributed by atoms with Crippen LogP contribution in [0.25, 0.3) is 0 Å². The fraction of sp³-hybridized carbons (Fsp3) is 0.316. The summed E-state index contributed by atoms with van der Waals surface area (Å²) in [6.45, 7) is 4.79. The molecular formula is C19H22N4O5S. The maximum atomic E-state index is 12.8. The van der Waals surface area contributed by atoms with Crippen LogP contribution in [0.2, 0.25) is 0 Å². The number of hydrazone groups is 1. The zero-order chi connectivity index (χ0) is 21.0. The summed E-state index contributed by atoms with van der Waals surface area (Å²) in [6.07, 6.45) is 0. The molecule has 0 atom stereocenters. The summed E-state index contributed by atoms with van der Waals surface area (Å²) in [7, 11) is -3.83. The van der Waals surface area contributed by atoms with Gasteiger partial charge in [0.1, 0.15) is 5.69 Å². The van der Waals surface area contributed by atoms with Crippen molar-refractivity contribution in [1.82, 2.24) is 4.31 Å². The minimum absolute atomic E-state index is 0.113. The van der Waals surface area contributed by atoms with E-state index >= 15 is 0 Å². The first-order chi connectivity index (χ1) is 13.8. The Morgan fingerprint density at radius 1 is 1.17 bits per heavy atom. The second-order valence-corrected chi connectivity index (χ2v) is 8.57. The van der Waals surface area contributed by atoms with E-state index in [0.717, 1.165) is 17.2 Å². The normalized spacial score (nSPS) is 15.9. The van der Waals surface area contributed by atoms with Crippen molar-refractivity contribution in [3.63, 3.8) is 0 Å². The summed E-state index contributed by atoms with van der Waals surface area (Å²) < 4.78 is 31.9. The molecule has 0 aliphatic carbocycles. The Morgan fingerprint density at radius 3 is 2.45 bits per heavy atom. The number of nitrogens with zero attached hydrogens (tertiary/aromatic N) is 3. The van der Waals surface area contributed by atoms with Crippen molar-refractivity contribution in [2.24, 2.45) is 5.10 Å². The monoisotopic (exact) mass is 418 g/mol. The van der Waals surface area contributed by atoms with Crippen molar-refractivity contribution in [1.29, 1.82) is 0 Å². The highest BCUT2D eigenvalue weighted by molar-refractivity contribution is 7.89. The van der Waals surface area contributed by atoms with E-state index in [1.165, 1.54) is 16.4 Å². The molecule has 29 heavy (non-hydrogen) atoms. The second-order valence-electron chi connectivity index (χ2n) is 6.63. The predicted molar refractivity (Wildman–Crippen MR) is 110 cm³/mol. The van der Waals surface area contributed by atoms with E-state index in [0.29, 0.717) is 18.9 Å². The van der Waals surface area contributed by atoms with Gasteiger partial charge in [0.2, 0.25) is 10.0 Å². The summed E-state index contributed by atoms with van der Waals surface area (Å²) in [5.74, 6) is 0. The number of aryl methyl sites for hydroxylation is 1. The molecule has 0 amide bonds. The topological polar surface area (TPSA) is 114 Å². The third-order valence-corrected chi connectivity index (χ3v) is 6.48. The molecule has 9 nitrogen and oxygen atoms in total. The van der Waals surface area contributed by atoms with Crippen molar-refractivity contribution in [3.8, 4) is 0 Å². The lowest BCUT2D eigenvalue weighted by molar-refractivity contribution is -0.384. The Kier molecular flexibility index (Phi) is 6.26. The van der Waals surface area contributed by atoms with Gasteiger partial charge in [-0.3, -0.25) is 15.5 Å². The average molecular weight is 418 g/mol. The molecule has 0 aromatic heterocycles. The molecule has 154 valence electrons. The van der Waals surface area contributed by atoms with Gasteiger partial charge < -0.3 is 4.74 Å². The Balaban J connectivity index is 1.87. The van der Waals surface area contributed by atoms with Gasteiger partial charge in [0.25, 0.3) is 5.69 Å². The number of hydrogen-bond acceptors (Lipinski definition) is 7. The lowest BCUT2D eigenvalue weighted by atomic mass is 10.1. The Bertz CT molecular complexity index is 1030. The van der Waals surface area contributed by atoms with Crippen LogP contribution in [-0.4, -0.2) is 49.7 Å². The summed E-state index contributed by atoms with van der Waals surface area (Å²) in [6, 6.07) is 11.5. The molecule has 0 spiro atoms. The van der Waals surface area contributed by atoms with Gasteiger partial charge in [-0.1, -0.05) is 29.8 Å². The first kappa shape index (κ1) is 20.9. The van der Waals surface area contributed by atoms with Gasteiger partial charge in [-0.2, -0.15) is 9.41 Å². The van der Waals surface area contributed by atoms with Crippen LogP contribution in [-0.2, 0) is 14.8 Å². The highest BCUT2D eigenvalue weighted by Crippen LogP contribution is 2.29. The molecule has 1 N–H and O–H groups in total. The average Bonchev–Trinajstić information content (AvgIpc) is 2.73. The smallest absolute Gasteiger partial charge is 0.295 e. The number of nitro groups is 1.